The van der Waals surface area contributed by atoms with Gasteiger partial charge in [0.1, 0.15) is 0 Å². The van der Waals surface area contributed by atoms with Crippen molar-refractivity contribution in [3.05, 3.63) is 0 Å². The number of nitrogens with zero attached hydrogens (tertiary/aromatic N) is 3. The van der Waals surface area contributed by atoms with Crippen molar-refractivity contribution in [1.82, 2.24) is 4.90 Å². The summed E-state index contributed by atoms with van der Waals surface area (Å²) in [5, 5.41) is 16.8. The van der Waals surface area contributed by atoms with Crippen molar-refractivity contribution in [3.8, 4) is 12.1 Å². The normalized spacial score (nSPS) is 15.3. The second-order valence-electron chi connectivity index (χ2n) is 3.44. The molecule has 0 N–H and O–H groups in total. The number of unbranched alkanes of at least 4 members (excludes halogenated alkanes) is 1. The third-order valence-corrected chi connectivity index (χ3v) is 2.31. The van der Waals surface area contributed by atoms with E-state index in [1.54, 1.807) is 0 Å². The molecule has 1 fully saturated rings. The Balaban J connectivity index is 2.15. The van der Waals surface area contributed by atoms with Gasteiger partial charge in [-0.05, 0) is 25.8 Å². The molecule has 0 radical (unpaired) electrons. The van der Waals surface area contributed by atoms with Crippen molar-refractivity contribution in [2.45, 2.75) is 38.1 Å². The summed E-state index contributed by atoms with van der Waals surface area (Å²) in [6.45, 7) is 1.87. The van der Waals surface area contributed by atoms with Crippen LogP contribution in [0, 0.1) is 22.7 Å². The first-order chi connectivity index (χ1) is 6.38. The Labute approximate surface area is 79.6 Å². The largest absolute Gasteiger partial charge is 0.299 e. The average Bonchev–Trinajstić information content (AvgIpc) is 2.94. The second-order valence-corrected chi connectivity index (χ2v) is 3.44. The van der Waals surface area contributed by atoms with Crippen molar-refractivity contribution in [1.29, 1.82) is 10.5 Å². The summed E-state index contributed by atoms with van der Waals surface area (Å²) < 4.78 is 0. The molecule has 13 heavy (non-hydrogen) atoms. The van der Waals surface area contributed by atoms with Crippen molar-refractivity contribution >= 4 is 0 Å². The molecule has 0 aromatic heterocycles. The van der Waals surface area contributed by atoms with Crippen molar-refractivity contribution in [3.63, 3.8) is 0 Å². The quantitative estimate of drug-likeness (QED) is 0.580. The van der Waals surface area contributed by atoms with Gasteiger partial charge in [-0.15, -0.1) is 0 Å². The molecule has 1 aliphatic rings. The minimum absolute atomic E-state index is 0.614. The fraction of sp³-hybridized carbons (Fsp3) is 0.800. The van der Waals surface area contributed by atoms with Crippen molar-refractivity contribution in [2.24, 2.45) is 0 Å². The van der Waals surface area contributed by atoms with Crippen LogP contribution < -0.4 is 0 Å². The highest BCUT2D eigenvalue weighted by Crippen LogP contribution is 2.26. The third kappa shape index (κ3) is 3.92. The molecule has 3 heteroatoms. The zero-order chi connectivity index (χ0) is 9.52. The summed E-state index contributed by atoms with van der Waals surface area (Å²) in [6.07, 6.45) is 4.74. The highest BCUT2D eigenvalue weighted by Gasteiger charge is 2.27. The van der Waals surface area contributed by atoms with E-state index in [0.29, 0.717) is 18.9 Å². The monoisotopic (exact) mass is 177 g/mol. The lowest BCUT2D eigenvalue weighted by molar-refractivity contribution is 0.267. The predicted molar refractivity (Wildman–Crippen MR) is 49.7 cm³/mol. The topological polar surface area (TPSA) is 50.8 Å². The van der Waals surface area contributed by atoms with Crippen LogP contribution in [-0.4, -0.2) is 24.0 Å². The summed E-state index contributed by atoms with van der Waals surface area (Å²) in [5.74, 6) is 0. The van der Waals surface area contributed by atoms with E-state index in [2.05, 4.69) is 17.0 Å². The molecular formula is C10H15N3. The van der Waals surface area contributed by atoms with Crippen LogP contribution in [0.3, 0.4) is 0 Å². The highest BCUT2D eigenvalue weighted by atomic mass is 15.2. The van der Waals surface area contributed by atoms with E-state index in [4.69, 9.17) is 10.5 Å². The maximum absolute atomic E-state index is 8.46. The summed E-state index contributed by atoms with van der Waals surface area (Å²) in [4.78, 5) is 2.35. The molecule has 0 heterocycles. The lowest BCUT2D eigenvalue weighted by atomic mass is 10.3. The first-order valence-corrected chi connectivity index (χ1v) is 4.86. The van der Waals surface area contributed by atoms with Gasteiger partial charge in [0.15, 0.2) is 0 Å². The van der Waals surface area contributed by atoms with Crippen LogP contribution in [0.4, 0.5) is 0 Å². The fourth-order valence-corrected chi connectivity index (χ4v) is 1.47. The van der Waals surface area contributed by atoms with Crippen molar-refractivity contribution < 1.29 is 0 Å². The van der Waals surface area contributed by atoms with E-state index in [-0.39, 0.29) is 0 Å². The van der Waals surface area contributed by atoms with Crippen LogP contribution in [0.5, 0.6) is 0 Å². The maximum atomic E-state index is 8.46. The Bertz CT molecular complexity index is 219. The number of nitriles is 2. The summed E-state index contributed by atoms with van der Waals surface area (Å²) >= 11 is 0. The minimum atomic E-state index is 0.614. The van der Waals surface area contributed by atoms with Gasteiger partial charge >= 0.3 is 0 Å². The van der Waals surface area contributed by atoms with Gasteiger partial charge in [-0.25, -0.2) is 0 Å². The number of rotatable bonds is 6. The molecule has 0 aliphatic heterocycles. The standard InChI is InChI=1S/C10H15N3/c11-6-1-2-8-13(9-3-7-12)10-4-5-10/h10H,1-5,8-9H2. The lowest BCUT2D eigenvalue weighted by Crippen LogP contribution is -2.28. The van der Waals surface area contributed by atoms with Crippen LogP contribution in [0.25, 0.3) is 0 Å². The van der Waals surface area contributed by atoms with E-state index in [1.807, 2.05) is 0 Å². The molecule has 1 saturated carbocycles. The molecule has 1 aliphatic carbocycles. The first kappa shape index (κ1) is 10.0. The van der Waals surface area contributed by atoms with Gasteiger partial charge in [0.25, 0.3) is 0 Å². The molecule has 0 atom stereocenters. The van der Waals surface area contributed by atoms with Gasteiger partial charge in [0.05, 0.1) is 12.1 Å². The smallest absolute Gasteiger partial charge is 0.0635 e. The molecule has 1 rings (SSSR count). The van der Waals surface area contributed by atoms with Crippen LogP contribution >= 0.6 is 0 Å². The third-order valence-electron chi connectivity index (χ3n) is 2.31. The van der Waals surface area contributed by atoms with Gasteiger partial charge in [-0.3, -0.25) is 4.90 Å². The summed E-state index contributed by atoms with van der Waals surface area (Å²) in [5.41, 5.74) is 0. The van der Waals surface area contributed by atoms with E-state index in [9.17, 15) is 0 Å². The van der Waals surface area contributed by atoms with Gasteiger partial charge in [-0.1, -0.05) is 0 Å². The Morgan fingerprint density at radius 3 is 2.31 bits per heavy atom. The van der Waals surface area contributed by atoms with Crippen LogP contribution in [0.15, 0.2) is 0 Å². The molecule has 0 saturated heterocycles. The Morgan fingerprint density at radius 2 is 1.77 bits per heavy atom. The average molecular weight is 177 g/mol. The molecule has 3 nitrogen and oxygen atoms in total. The Morgan fingerprint density at radius 1 is 1.08 bits per heavy atom. The summed E-state index contributed by atoms with van der Waals surface area (Å²) in [6, 6.07) is 5.03. The zero-order valence-electron chi connectivity index (χ0n) is 7.87. The molecule has 0 bridgehead atoms. The molecule has 0 aromatic carbocycles. The highest BCUT2D eigenvalue weighted by molar-refractivity contribution is 4.86. The molecule has 0 unspecified atom stereocenters. The van der Waals surface area contributed by atoms with Crippen LogP contribution in [0.2, 0.25) is 0 Å². The molecular weight excluding hydrogens is 162 g/mol. The molecule has 0 aromatic rings. The zero-order valence-corrected chi connectivity index (χ0v) is 7.87. The van der Waals surface area contributed by atoms with E-state index < -0.39 is 0 Å². The minimum Gasteiger partial charge on any atom is -0.299 e. The van der Waals surface area contributed by atoms with Crippen LogP contribution in [-0.2, 0) is 0 Å². The number of hydrogen-bond acceptors (Lipinski definition) is 3. The summed E-state index contributed by atoms with van der Waals surface area (Å²) in [7, 11) is 0. The fourth-order valence-electron chi connectivity index (χ4n) is 1.47. The first-order valence-electron chi connectivity index (χ1n) is 4.86. The molecule has 0 amide bonds. The maximum Gasteiger partial charge on any atom is 0.0635 e. The Kier molecular flexibility index (Phi) is 4.29. The number of hydrogen-bond donors (Lipinski definition) is 0. The van der Waals surface area contributed by atoms with E-state index in [0.717, 1.165) is 19.5 Å². The van der Waals surface area contributed by atoms with Gasteiger partial charge < -0.3 is 0 Å². The van der Waals surface area contributed by atoms with E-state index in [1.165, 1.54) is 12.8 Å². The second kappa shape index (κ2) is 5.56. The van der Waals surface area contributed by atoms with Gasteiger partial charge in [0.2, 0.25) is 0 Å². The van der Waals surface area contributed by atoms with Crippen molar-refractivity contribution in [2.75, 3.05) is 13.1 Å². The van der Waals surface area contributed by atoms with Gasteiger partial charge in [0, 0.05) is 25.4 Å². The lowest BCUT2D eigenvalue weighted by Gasteiger charge is -2.19. The molecule has 0 spiro atoms. The predicted octanol–water partition coefficient (Wildman–Crippen LogP) is 1.67. The van der Waals surface area contributed by atoms with E-state index >= 15 is 0 Å². The Hall–Kier alpha value is -1.06. The van der Waals surface area contributed by atoms with Crippen LogP contribution in [0.1, 0.15) is 32.1 Å². The van der Waals surface area contributed by atoms with Gasteiger partial charge in [-0.2, -0.15) is 10.5 Å². The SMILES string of the molecule is N#CCCCN(CCC#N)C1CC1. The molecule has 70 valence electrons.